The summed E-state index contributed by atoms with van der Waals surface area (Å²) in [7, 11) is 0. The highest BCUT2D eigenvalue weighted by molar-refractivity contribution is 6.09. The summed E-state index contributed by atoms with van der Waals surface area (Å²) in [5.74, 6) is 0.676. The Bertz CT molecular complexity index is 1070. The lowest BCUT2D eigenvalue weighted by Crippen LogP contribution is -2.42. The molecule has 31 heavy (non-hydrogen) atoms. The first-order valence-electron chi connectivity index (χ1n) is 10.8. The Morgan fingerprint density at radius 3 is 2.52 bits per heavy atom. The molecule has 1 fully saturated rings. The average Bonchev–Trinajstić information content (AvgIpc) is 3.05. The number of ether oxygens (including phenoxy) is 2. The molecule has 1 N–H and O–H groups in total. The summed E-state index contributed by atoms with van der Waals surface area (Å²) in [5.41, 5.74) is 4.80. The second kappa shape index (κ2) is 9.22. The number of carbonyl (C=O) groups excluding carboxylic acids is 1. The van der Waals surface area contributed by atoms with Crippen LogP contribution in [0.1, 0.15) is 28.5 Å². The number of β-amino-alcohol motifs (C(OH)–C–C–N with tert-alkyl or cyclic N) is 1. The zero-order valence-electron chi connectivity index (χ0n) is 18.4. The van der Waals surface area contributed by atoms with Crippen LogP contribution in [0.25, 0.3) is 16.6 Å². The van der Waals surface area contributed by atoms with Gasteiger partial charge in [0, 0.05) is 42.0 Å². The summed E-state index contributed by atoms with van der Waals surface area (Å²) in [6, 6.07) is 14.1. The number of morpholine rings is 1. The molecule has 4 rings (SSSR count). The second-order valence-electron chi connectivity index (χ2n) is 8.24. The van der Waals surface area contributed by atoms with E-state index in [1.165, 1.54) is 5.56 Å². The minimum atomic E-state index is -0.583. The van der Waals surface area contributed by atoms with Crippen molar-refractivity contribution in [2.24, 2.45) is 0 Å². The molecule has 0 spiro atoms. The SMILES string of the molecule is CC(=O)c1c(C)n(-c2ccc(C)cc2)c2ccc(OCC(O)CN3CCOCC3)cc12. The number of benzene rings is 2. The van der Waals surface area contributed by atoms with Crippen LogP contribution in [0.4, 0.5) is 0 Å². The van der Waals surface area contributed by atoms with Crippen molar-refractivity contribution in [3.63, 3.8) is 0 Å². The van der Waals surface area contributed by atoms with Crippen molar-refractivity contribution in [2.45, 2.75) is 26.9 Å². The molecule has 1 aromatic heterocycles. The van der Waals surface area contributed by atoms with Crippen LogP contribution in [0.3, 0.4) is 0 Å². The van der Waals surface area contributed by atoms with Crippen molar-refractivity contribution in [2.75, 3.05) is 39.5 Å². The van der Waals surface area contributed by atoms with E-state index in [9.17, 15) is 9.90 Å². The summed E-state index contributed by atoms with van der Waals surface area (Å²) < 4.78 is 13.4. The fraction of sp³-hybridized carbons (Fsp3) is 0.400. The molecule has 2 aromatic carbocycles. The zero-order chi connectivity index (χ0) is 22.0. The van der Waals surface area contributed by atoms with Gasteiger partial charge in [0.05, 0.1) is 18.7 Å². The molecule has 1 atom stereocenters. The molecule has 0 saturated carbocycles. The van der Waals surface area contributed by atoms with Crippen molar-refractivity contribution < 1.29 is 19.4 Å². The molecule has 164 valence electrons. The van der Waals surface area contributed by atoms with Gasteiger partial charge in [-0.2, -0.15) is 0 Å². The lowest BCUT2D eigenvalue weighted by Gasteiger charge is -2.28. The maximum atomic E-state index is 12.5. The number of Topliss-reactive ketones (excluding diaryl/α,β-unsaturated/α-hetero) is 1. The number of hydrogen-bond acceptors (Lipinski definition) is 5. The third-order valence-electron chi connectivity index (χ3n) is 5.83. The van der Waals surface area contributed by atoms with E-state index in [4.69, 9.17) is 9.47 Å². The standard InChI is InChI=1S/C25H30N2O4/c1-17-4-6-20(7-5-17)27-18(2)25(19(3)28)23-14-22(8-9-24(23)27)31-16-21(29)15-26-10-12-30-13-11-26/h4-9,14,21,29H,10-13,15-16H2,1-3H3. The van der Waals surface area contributed by atoms with Gasteiger partial charge in [0.1, 0.15) is 18.5 Å². The van der Waals surface area contributed by atoms with Crippen LogP contribution < -0.4 is 4.74 Å². The second-order valence-corrected chi connectivity index (χ2v) is 8.24. The number of aliphatic hydroxyl groups is 1. The highest BCUT2D eigenvalue weighted by atomic mass is 16.5. The van der Waals surface area contributed by atoms with Crippen molar-refractivity contribution >= 4 is 16.7 Å². The summed E-state index contributed by atoms with van der Waals surface area (Å²) in [4.78, 5) is 14.6. The first-order valence-corrected chi connectivity index (χ1v) is 10.8. The molecule has 1 aliphatic heterocycles. The van der Waals surface area contributed by atoms with E-state index in [0.717, 1.165) is 35.4 Å². The summed E-state index contributed by atoms with van der Waals surface area (Å²) >= 11 is 0. The quantitative estimate of drug-likeness (QED) is 0.590. The maximum Gasteiger partial charge on any atom is 0.162 e. The van der Waals surface area contributed by atoms with Gasteiger partial charge in [0.15, 0.2) is 5.78 Å². The molecular weight excluding hydrogens is 392 g/mol. The molecule has 1 aliphatic rings. The highest BCUT2D eigenvalue weighted by Gasteiger charge is 2.20. The van der Waals surface area contributed by atoms with E-state index in [2.05, 4.69) is 40.7 Å². The van der Waals surface area contributed by atoms with Gasteiger partial charge in [-0.1, -0.05) is 17.7 Å². The topological polar surface area (TPSA) is 63.9 Å². The van der Waals surface area contributed by atoms with Crippen molar-refractivity contribution in [1.82, 2.24) is 9.47 Å². The van der Waals surface area contributed by atoms with Gasteiger partial charge < -0.3 is 19.1 Å². The first-order chi connectivity index (χ1) is 14.9. The normalized spacial score (nSPS) is 15.9. The number of hydrogen-bond donors (Lipinski definition) is 1. The number of aryl methyl sites for hydroxylation is 1. The number of aliphatic hydroxyl groups excluding tert-OH is 1. The largest absolute Gasteiger partial charge is 0.491 e. The molecule has 1 saturated heterocycles. The van der Waals surface area contributed by atoms with E-state index in [0.29, 0.717) is 31.1 Å². The number of rotatable bonds is 7. The number of nitrogens with zero attached hydrogens (tertiary/aromatic N) is 2. The lowest BCUT2D eigenvalue weighted by molar-refractivity contribution is 0.00466. The fourth-order valence-corrected chi connectivity index (χ4v) is 4.29. The Balaban J connectivity index is 1.58. The van der Waals surface area contributed by atoms with Crippen LogP contribution in [0.5, 0.6) is 5.75 Å². The van der Waals surface area contributed by atoms with Crippen molar-refractivity contribution in [1.29, 1.82) is 0 Å². The molecular formula is C25H30N2O4. The highest BCUT2D eigenvalue weighted by Crippen LogP contribution is 2.32. The Morgan fingerprint density at radius 2 is 1.84 bits per heavy atom. The first kappa shape index (κ1) is 21.6. The maximum absolute atomic E-state index is 12.5. The van der Waals surface area contributed by atoms with Crippen LogP contribution >= 0.6 is 0 Å². The molecule has 2 heterocycles. The third-order valence-corrected chi connectivity index (χ3v) is 5.83. The van der Waals surface area contributed by atoms with Gasteiger partial charge in [0.25, 0.3) is 0 Å². The van der Waals surface area contributed by atoms with Gasteiger partial charge in [-0.25, -0.2) is 0 Å². The molecule has 0 bridgehead atoms. The number of carbonyl (C=O) groups is 1. The molecule has 3 aromatic rings. The Hall–Kier alpha value is -2.67. The predicted molar refractivity (Wildman–Crippen MR) is 122 cm³/mol. The third kappa shape index (κ3) is 4.66. The van der Waals surface area contributed by atoms with Crippen LogP contribution in [0.2, 0.25) is 0 Å². The molecule has 6 heteroatoms. The Labute approximate surface area is 183 Å². The number of aromatic nitrogens is 1. The van der Waals surface area contributed by atoms with Crippen LogP contribution in [0, 0.1) is 13.8 Å². The Kier molecular flexibility index (Phi) is 6.41. The molecule has 0 aliphatic carbocycles. The monoisotopic (exact) mass is 422 g/mol. The number of ketones is 1. The van der Waals surface area contributed by atoms with Crippen LogP contribution in [-0.4, -0.2) is 65.9 Å². The van der Waals surface area contributed by atoms with Crippen LogP contribution in [-0.2, 0) is 4.74 Å². The van der Waals surface area contributed by atoms with E-state index in [1.807, 2.05) is 25.1 Å². The summed E-state index contributed by atoms with van der Waals surface area (Å²) in [6.45, 7) is 9.47. The van der Waals surface area contributed by atoms with E-state index in [1.54, 1.807) is 6.92 Å². The average molecular weight is 423 g/mol. The molecule has 0 amide bonds. The van der Waals surface area contributed by atoms with Gasteiger partial charge in [-0.15, -0.1) is 0 Å². The lowest BCUT2D eigenvalue weighted by atomic mass is 10.1. The zero-order valence-corrected chi connectivity index (χ0v) is 18.4. The fourth-order valence-electron chi connectivity index (χ4n) is 4.29. The minimum absolute atomic E-state index is 0.0258. The van der Waals surface area contributed by atoms with Gasteiger partial charge in [0.2, 0.25) is 0 Å². The molecule has 1 unspecified atom stereocenters. The van der Waals surface area contributed by atoms with Crippen molar-refractivity contribution in [3.8, 4) is 11.4 Å². The van der Waals surface area contributed by atoms with Gasteiger partial charge in [-0.05, 0) is 51.1 Å². The van der Waals surface area contributed by atoms with Gasteiger partial charge in [-0.3, -0.25) is 9.69 Å². The molecule has 0 radical (unpaired) electrons. The summed E-state index contributed by atoms with van der Waals surface area (Å²) in [5, 5.41) is 11.2. The minimum Gasteiger partial charge on any atom is -0.491 e. The summed E-state index contributed by atoms with van der Waals surface area (Å²) in [6.07, 6.45) is -0.583. The number of fused-ring (bicyclic) bond motifs is 1. The molecule has 6 nitrogen and oxygen atoms in total. The van der Waals surface area contributed by atoms with E-state index < -0.39 is 6.10 Å². The van der Waals surface area contributed by atoms with E-state index >= 15 is 0 Å². The van der Waals surface area contributed by atoms with Crippen molar-refractivity contribution in [3.05, 3.63) is 59.3 Å². The van der Waals surface area contributed by atoms with E-state index in [-0.39, 0.29) is 12.4 Å². The smallest absolute Gasteiger partial charge is 0.162 e. The van der Waals surface area contributed by atoms with Crippen LogP contribution in [0.15, 0.2) is 42.5 Å². The predicted octanol–water partition coefficient (Wildman–Crippen LogP) is 3.52. The Morgan fingerprint density at radius 1 is 1.13 bits per heavy atom. The van der Waals surface area contributed by atoms with Gasteiger partial charge >= 0.3 is 0 Å².